The molecule has 5 heteroatoms. The second kappa shape index (κ2) is 6.75. The first-order chi connectivity index (χ1) is 8.42. The summed E-state index contributed by atoms with van der Waals surface area (Å²) in [5.74, 6) is 0.202. The minimum atomic E-state index is -2.96. The fraction of sp³-hybridized carbons (Fsp3) is 0.538. The first-order valence-corrected chi connectivity index (χ1v) is 8.07. The summed E-state index contributed by atoms with van der Waals surface area (Å²) < 4.78 is 22.5. The molecule has 0 saturated carbocycles. The minimum absolute atomic E-state index is 0.0340. The monoisotopic (exact) mass is 271 g/mol. The summed E-state index contributed by atoms with van der Waals surface area (Å²) >= 11 is 0. The van der Waals surface area contributed by atoms with Crippen LogP contribution in [0.1, 0.15) is 6.92 Å². The van der Waals surface area contributed by atoms with Crippen LogP contribution in [0.5, 0.6) is 0 Å². The highest BCUT2D eigenvalue weighted by molar-refractivity contribution is 7.90. The Balaban J connectivity index is 2.69. The maximum Gasteiger partial charge on any atom is 0.147 e. The Morgan fingerprint density at radius 1 is 1.28 bits per heavy atom. The topological polar surface area (TPSA) is 57.6 Å². The number of para-hydroxylation sites is 1. The van der Waals surface area contributed by atoms with Gasteiger partial charge in [-0.05, 0) is 18.1 Å². The molecule has 0 bridgehead atoms. The molecule has 1 unspecified atom stereocenters. The van der Waals surface area contributed by atoms with E-state index in [9.17, 15) is 8.42 Å². The molecule has 0 heterocycles. The standard InChI is InChI=1S/C13H21NO3S/c1-12(11-18(2,16)17)10-14(8-9-15)13-6-4-3-5-7-13/h3-7,12,15H,8-11H2,1-2H3. The van der Waals surface area contributed by atoms with Crippen molar-refractivity contribution in [3.63, 3.8) is 0 Å². The number of anilines is 1. The number of sulfone groups is 1. The Morgan fingerprint density at radius 2 is 1.89 bits per heavy atom. The number of rotatable bonds is 7. The van der Waals surface area contributed by atoms with Gasteiger partial charge < -0.3 is 10.0 Å². The third-order valence-electron chi connectivity index (χ3n) is 2.61. The van der Waals surface area contributed by atoms with Gasteiger partial charge in [0.15, 0.2) is 0 Å². The number of hydrogen-bond donors (Lipinski definition) is 1. The molecule has 4 nitrogen and oxygen atoms in total. The predicted octanol–water partition coefficient (Wildman–Crippen LogP) is 1.17. The van der Waals surface area contributed by atoms with E-state index in [4.69, 9.17) is 5.11 Å². The van der Waals surface area contributed by atoms with Crippen molar-refractivity contribution in [3.8, 4) is 0 Å². The summed E-state index contributed by atoms with van der Waals surface area (Å²) in [5.41, 5.74) is 1.01. The lowest BCUT2D eigenvalue weighted by Gasteiger charge is -2.27. The molecule has 1 aromatic rings. The number of aliphatic hydroxyl groups is 1. The van der Waals surface area contributed by atoms with Gasteiger partial charge >= 0.3 is 0 Å². The van der Waals surface area contributed by atoms with E-state index in [1.165, 1.54) is 6.26 Å². The largest absolute Gasteiger partial charge is 0.395 e. The second-order valence-corrected chi connectivity index (χ2v) is 6.89. The van der Waals surface area contributed by atoms with Crippen LogP contribution in [0.3, 0.4) is 0 Å². The van der Waals surface area contributed by atoms with E-state index < -0.39 is 9.84 Å². The Morgan fingerprint density at radius 3 is 2.39 bits per heavy atom. The SMILES string of the molecule is CC(CN(CCO)c1ccccc1)CS(C)(=O)=O. The first-order valence-electron chi connectivity index (χ1n) is 6.01. The lowest BCUT2D eigenvalue weighted by molar-refractivity contribution is 0.300. The van der Waals surface area contributed by atoms with Gasteiger partial charge in [-0.3, -0.25) is 0 Å². The van der Waals surface area contributed by atoms with Crippen molar-refractivity contribution < 1.29 is 13.5 Å². The normalized spacial score (nSPS) is 13.3. The van der Waals surface area contributed by atoms with Gasteiger partial charge in [0.25, 0.3) is 0 Å². The van der Waals surface area contributed by atoms with Gasteiger partial charge in [-0.25, -0.2) is 8.42 Å². The molecule has 18 heavy (non-hydrogen) atoms. The van der Waals surface area contributed by atoms with E-state index in [0.29, 0.717) is 13.1 Å². The number of hydrogen-bond acceptors (Lipinski definition) is 4. The molecule has 0 spiro atoms. The summed E-state index contributed by atoms with van der Waals surface area (Å²) in [5, 5.41) is 9.08. The van der Waals surface area contributed by atoms with Gasteiger partial charge in [-0.2, -0.15) is 0 Å². The van der Waals surface area contributed by atoms with E-state index in [2.05, 4.69) is 0 Å². The maximum atomic E-state index is 11.2. The summed E-state index contributed by atoms with van der Waals surface area (Å²) in [6, 6.07) is 9.72. The summed E-state index contributed by atoms with van der Waals surface area (Å²) in [6.45, 7) is 3.10. The Hall–Kier alpha value is -1.07. The Kier molecular flexibility index (Phi) is 5.62. The Labute approximate surface area is 109 Å². The van der Waals surface area contributed by atoms with Crippen molar-refractivity contribution in [1.29, 1.82) is 0 Å². The molecule has 0 saturated heterocycles. The molecule has 1 atom stereocenters. The Bertz CT molecular complexity index is 445. The van der Waals surface area contributed by atoms with Gasteiger partial charge in [0.05, 0.1) is 12.4 Å². The molecule has 0 amide bonds. The van der Waals surface area contributed by atoms with E-state index in [1.807, 2.05) is 42.2 Å². The quantitative estimate of drug-likeness (QED) is 0.808. The van der Waals surface area contributed by atoms with E-state index in [0.717, 1.165) is 5.69 Å². The van der Waals surface area contributed by atoms with Gasteiger partial charge in [0, 0.05) is 25.0 Å². The second-order valence-electron chi connectivity index (χ2n) is 4.70. The molecular weight excluding hydrogens is 250 g/mol. The van der Waals surface area contributed by atoms with Crippen molar-refractivity contribution in [1.82, 2.24) is 0 Å². The highest BCUT2D eigenvalue weighted by Crippen LogP contribution is 2.15. The highest BCUT2D eigenvalue weighted by atomic mass is 32.2. The molecule has 0 aliphatic rings. The van der Waals surface area contributed by atoms with Crippen LogP contribution in [-0.4, -0.2) is 45.2 Å². The molecule has 0 aliphatic carbocycles. The van der Waals surface area contributed by atoms with Crippen molar-refractivity contribution in [2.24, 2.45) is 5.92 Å². The van der Waals surface area contributed by atoms with Crippen LogP contribution in [0.2, 0.25) is 0 Å². The van der Waals surface area contributed by atoms with E-state index >= 15 is 0 Å². The number of aliphatic hydroxyl groups excluding tert-OH is 1. The summed E-state index contributed by atoms with van der Waals surface area (Å²) in [6.07, 6.45) is 1.25. The van der Waals surface area contributed by atoms with Crippen LogP contribution in [0.15, 0.2) is 30.3 Å². The summed E-state index contributed by atoms with van der Waals surface area (Å²) in [4.78, 5) is 2.01. The van der Waals surface area contributed by atoms with Crippen LogP contribution >= 0.6 is 0 Å². The molecular formula is C13H21NO3S. The molecule has 0 radical (unpaired) electrons. The van der Waals surface area contributed by atoms with Gasteiger partial charge in [0.1, 0.15) is 9.84 Å². The van der Waals surface area contributed by atoms with Crippen molar-refractivity contribution in [2.45, 2.75) is 6.92 Å². The van der Waals surface area contributed by atoms with Crippen LogP contribution in [0.25, 0.3) is 0 Å². The third-order valence-corrected chi connectivity index (χ3v) is 3.79. The predicted molar refractivity (Wildman–Crippen MR) is 74.6 cm³/mol. The first kappa shape index (κ1) is 15.0. The van der Waals surface area contributed by atoms with Crippen molar-refractivity contribution in [3.05, 3.63) is 30.3 Å². The molecule has 102 valence electrons. The van der Waals surface area contributed by atoms with Crippen LogP contribution in [0, 0.1) is 5.92 Å². The minimum Gasteiger partial charge on any atom is -0.395 e. The lowest BCUT2D eigenvalue weighted by atomic mass is 10.2. The van der Waals surface area contributed by atoms with E-state index in [1.54, 1.807) is 0 Å². The smallest absolute Gasteiger partial charge is 0.147 e. The van der Waals surface area contributed by atoms with Crippen LogP contribution < -0.4 is 4.90 Å². The maximum absolute atomic E-state index is 11.2. The fourth-order valence-corrected chi connectivity index (χ4v) is 3.17. The number of nitrogens with zero attached hydrogens (tertiary/aromatic N) is 1. The fourth-order valence-electron chi connectivity index (χ4n) is 2.03. The van der Waals surface area contributed by atoms with E-state index in [-0.39, 0.29) is 18.3 Å². The average Bonchev–Trinajstić information content (AvgIpc) is 2.27. The van der Waals surface area contributed by atoms with Crippen LogP contribution in [0.4, 0.5) is 5.69 Å². The third kappa shape index (κ3) is 5.51. The van der Waals surface area contributed by atoms with Crippen molar-refractivity contribution >= 4 is 15.5 Å². The lowest BCUT2D eigenvalue weighted by Crippen LogP contribution is -2.33. The van der Waals surface area contributed by atoms with Gasteiger partial charge in [0.2, 0.25) is 0 Å². The van der Waals surface area contributed by atoms with Crippen molar-refractivity contribution in [2.75, 3.05) is 36.6 Å². The average molecular weight is 271 g/mol. The molecule has 0 aliphatic heterocycles. The zero-order valence-corrected chi connectivity index (χ0v) is 11.7. The zero-order valence-electron chi connectivity index (χ0n) is 10.9. The molecule has 1 aromatic carbocycles. The molecule has 0 aromatic heterocycles. The number of benzene rings is 1. The van der Waals surface area contributed by atoms with Gasteiger partial charge in [-0.1, -0.05) is 25.1 Å². The summed E-state index contributed by atoms with van der Waals surface area (Å²) in [7, 11) is -2.96. The zero-order chi connectivity index (χ0) is 13.6. The van der Waals surface area contributed by atoms with Gasteiger partial charge in [-0.15, -0.1) is 0 Å². The molecule has 1 rings (SSSR count). The highest BCUT2D eigenvalue weighted by Gasteiger charge is 2.15. The van der Waals surface area contributed by atoms with Crippen LogP contribution in [-0.2, 0) is 9.84 Å². The molecule has 1 N–H and O–H groups in total. The molecule has 0 fully saturated rings.